The predicted octanol–water partition coefficient (Wildman–Crippen LogP) is 2.90. The van der Waals surface area contributed by atoms with Gasteiger partial charge >= 0.3 is 0 Å². The molecule has 1 aliphatic carbocycles. The van der Waals surface area contributed by atoms with Gasteiger partial charge in [-0.15, -0.1) is 0 Å². The molecule has 1 aliphatic rings. The van der Waals surface area contributed by atoms with Crippen molar-refractivity contribution in [2.75, 3.05) is 7.11 Å². The highest BCUT2D eigenvalue weighted by Gasteiger charge is 2.21. The van der Waals surface area contributed by atoms with Crippen molar-refractivity contribution in [2.45, 2.75) is 38.1 Å². The Morgan fingerprint density at radius 1 is 1.33 bits per heavy atom. The number of ether oxygens (including phenoxy) is 1. The van der Waals surface area contributed by atoms with E-state index in [2.05, 4.69) is 5.32 Å². The Kier molecular flexibility index (Phi) is 4.18. The van der Waals surface area contributed by atoms with Crippen molar-refractivity contribution >= 4 is 5.91 Å². The third-order valence-corrected chi connectivity index (χ3v) is 3.36. The fraction of sp³-hybridized carbons (Fsp3) is 0.500. The van der Waals surface area contributed by atoms with Crippen LogP contribution >= 0.6 is 0 Å². The van der Waals surface area contributed by atoms with E-state index in [0.717, 1.165) is 25.7 Å². The van der Waals surface area contributed by atoms with Crippen LogP contribution in [0.1, 0.15) is 42.5 Å². The monoisotopic (exact) mass is 251 g/mol. The Bertz CT molecular complexity index is 428. The van der Waals surface area contributed by atoms with Crippen LogP contribution in [0.15, 0.2) is 18.2 Å². The molecular weight excluding hydrogens is 233 g/mol. The van der Waals surface area contributed by atoms with Crippen LogP contribution in [0.4, 0.5) is 4.39 Å². The number of halogens is 1. The lowest BCUT2D eigenvalue weighted by atomic mass is 9.95. The van der Waals surface area contributed by atoms with Gasteiger partial charge < -0.3 is 10.1 Å². The van der Waals surface area contributed by atoms with Gasteiger partial charge in [0.25, 0.3) is 5.91 Å². The molecular formula is C14H18FNO2. The van der Waals surface area contributed by atoms with Crippen molar-refractivity contribution in [2.24, 2.45) is 0 Å². The maximum absolute atomic E-state index is 13.7. The lowest BCUT2D eigenvalue weighted by molar-refractivity contribution is 0.0920. The summed E-state index contributed by atoms with van der Waals surface area (Å²) in [6, 6.07) is 4.57. The minimum absolute atomic E-state index is 0.00516. The van der Waals surface area contributed by atoms with Crippen LogP contribution in [0.2, 0.25) is 0 Å². The second-order valence-corrected chi connectivity index (χ2v) is 4.63. The number of carbonyl (C=O) groups excluding carboxylic acids is 1. The van der Waals surface area contributed by atoms with Gasteiger partial charge in [-0.1, -0.05) is 25.3 Å². The van der Waals surface area contributed by atoms with Gasteiger partial charge in [-0.05, 0) is 25.0 Å². The molecule has 3 nitrogen and oxygen atoms in total. The van der Waals surface area contributed by atoms with Gasteiger partial charge in [0, 0.05) is 6.04 Å². The van der Waals surface area contributed by atoms with Gasteiger partial charge in [-0.3, -0.25) is 4.79 Å². The quantitative estimate of drug-likeness (QED) is 0.897. The molecule has 1 fully saturated rings. The molecule has 0 radical (unpaired) electrons. The summed E-state index contributed by atoms with van der Waals surface area (Å²) in [5.41, 5.74) is 0.00516. The molecule has 4 heteroatoms. The van der Waals surface area contributed by atoms with Crippen LogP contribution in [0.3, 0.4) is 0 Å². The molecule has 0 heterocycles. The van der Waals surface area contributed by atoms with E-state index in [0.29, 0.717) is 0 Å². The van der Waals surface area contributed by atoms with Crippen LogP contribution in [0.5, 0.6) is 5.75 Å². The first kappa shape index (κ1) is 12.9. The average Bonchev–Trinajstić information content (AvgIpc) is 2.39. The molecule has 0 unspecified atom stereocenters. The second kappa shape index (κ2) is 5.85. The zero-order valence-corrected chi connectivity index (χ0v) is 10.5. The number of methoxy groups -OCH3 is 1. The van der Waals surface area contributed by atoms with E-state index in [-0.39, 0.29) is 23.3 Å². The Morgan fingerprint density at radius 3 is 2.72 bits per heavy atom. The summed E-state index contributed by atoms with van der Waals surface area (Å²) < 4.78 is 18.7. The first-order valence-corrected chi connectivity index (χ1v) is 6.35. The maximum atomic E-state index is 13.7. The molecule has 18 heavy (non-hydrogen) atoms. The third kappa shape index (κ3) is 2.81. The van der Waals surface area contributed by atoms with Gasteiger partial charge in [-0.25, -0.2) is 4.39 Å². The summed E-state index contributed by atoms with van der Waals surface area (Å²) in [7, 11) is 1.44. The van der Waals surface area contributed by atoms with E-state index in [9.17, 15) is 9.18 Å². The molecule has 0 aliphatic heterocycles. The van der Waals surface area contributed by atoms with E-state index < -0.39 is 5.82 Å². The molecule has 0 atom stereocenters. The minimum Gasteiger partial charge on any atom is -0.496 e. The normalized spacial score (nSPS) is 16.3. The summed E-state index contributed by atoms with van der Waals surface area (Å²) in [5, 5.41) is 2.89. The molecule has 1 N–H and O–H groups in total. The van der Waals surface area contributed by atoms with E-state index in [1.54, 1.807) is 6.07 Å². The third-order valence-electron chi connectivity index (χ3n) is 3.36. The molecule has 0 spiro atoms. The summed E-state index contributed by atoms with van der Waals surface area (Å²) in [6.45, 7) is 0. The molecule has 2 rings (SSSR count). The van der Waals surface area contributed by atoms with E-state index in [1.165, 1.54) is 25.7 Å². The van der Waals surface area contributed by atoms with Crippen molar-refractivity contribution in [3.05, 3.63) is 29.6 Å². The first-order valence-electron chi connectivity index (χ1n) is 6.35. The van der Waals surface area contributed by atoms with Crippen LogP contribution in [0.25, 0.3) is 0 Å². The molecule has 1 aromatic rings. The number of hydrogen-bond donors (Lipinski definition) is 1. The molecule has 1 aromatic carbocycles. The molecule has 0 bridgehead atoms. The first-order chi connectivity index (χ1) is 8.72. The predicted molar refractivity (Wildman–Crippen MR) is 67.3 cm³/mol. The smallest absolute Gasteiger partial charge is 0.258 e. The fourth-order valence-corrected chi connectivity index (χ4v) is 2.40. The van der Waals surface area contributed by atoms with E-state index in [1.807, 2.05) is 0 Å². The largest absolute Gasteiger partial charge is 0.496 e. The maximum Gasteiger partial charge on any atom is 0.258 e. The van der Waals surface area contributed by atoms with Crippen LogP contribution in [-0.4, -0.2) is 19.1 Å². The highest BCUT2D eigenvalue weighted by atomic mass is 19.1. The summed E-state index contributed by atoms with van der Waals surface area (Å²) in [5.74, 6) is -0.636. The van der Waals surface area contributed by atoms with Crippen LogP contribution in [-0.2, 0) is 0 Å². The van der Waals surface area contributed by atoms with Crippen molar-refractivity contribution in [1.29, 1.82) is 0 Å². The van der Waals surface area contributed by atoms with E-state index >= 15 is 0 Å². The van der Waals surface area contributed by atoms with Crippen molar-refractivity contribution < 1.29 is 13.9 Å². The lowest BCUT2D eigenvalue weighted by Crippen LogP contribution is -2.36. The SMILES string of the molecule is COc1cccc(F)c1C(=O)NC1CCCCC1. The average molecular weight is 251 g/mol. The number of hydrogen-bond acceptors (Lipinski definition) is 2. The Labute approximate surface area is 106 Å². The lowest BCUT2D eigenvalue weighted by Gasteiger charge is -2.23. The Balaban J connectivity index is 2.12. The molecule has 1 amide bonds. The number of nitrogens with one attached hydrogen (secondary N) is 1. The Morgan fingerprint density at radius 2 is 2.06 bits per heavy atom. The number of carbonyl (C=O) groups is 1. The highest BCUT2D eigenvalue weighted by Crippen LogP contribution is 2.23. The highest BCUT2D eigenvalue weighted by molar-refractivity contribution is 5.97. The molecule has 0 aromatic heterocycles. The standard InChI is InChI=1S/C14H18FNO2/c1-18-12-9-5-8-11(15)13(12)14(17)16-10-6-3-2-4-7-10/h5,8-10H,2-4,6-7H2,1H3,(H,16,17). The Hall–Kier alpha value is -1.58. The fourth-order valence-electron chi connectivity index (χ4n) is 2.40. The molecule has 0 saturated heterocycles. The number of amides is 1. The summed E-state index contributed by atoms with van der Waals surface area (Å²) >= 11 is 0. The van der Waals surface area contributed by atoms with Gasteiger partial charge in [0.1, 0.15) is 17.1 Å². The summed E-state index contributed by atoms with van der Waals surface area (Å²) in [6.07, 6.45) is 5.42. The van der Waals surface area contributed by atoms with Crippen molar-refractivity contribution in [1.82, 2.24) is 5.32 Å². The van der Waals surface area contributed by atoms with Crippen LogP contribution in [0, 0.1) is 5.82 Å². The minimum atomic E-state index is -0.539. The molecule has 98 valence electrons. The van der Waals surface area contributed by atoms with Crippen molar-refractivity contribution in [3.8, 4) is 5.75 Å². The summed E-state index contributed by atoms with van der Waals surface area (Å²) in [4.78, 5) is 12.1. The van der Waals surface area contributed by atoms with Gasteiger partial charge in [0.15, 0.2) is 0 Å². The zero-order chi connectivity index (χ0) is 13.0. The second-order valence-electron chi connectivity index (χ2n) is 4.63. The number of benzene rings is 1. The molecule has 1 saturated carbocycles. The van der Waals surface area contributed by atoms with Gasteiger partial charge in [0.2, 0.25) is 0 Å². The van der Waals surface area contributed by atoms with Crippen molar-refractivity contribution in [3.63, 3.8) is 0 Å². The van der Waals surface area contributed by atoms with Gasteiger partial charge in [0.05, 0.1) is 7.11 Å². The zero-order valence-electron chi connectivity index (χ0n) is 10.5. The van der Waals surface area contributed by atoms with Crippen LogP contribution < -0.4 is 10.1 Å². The number of rotatable bonds is 3. The van der Waals surface area contributed by atoms with Gasteiger partial charge in [-0.2, -0.15) is 0 Å². The topological polar surface area (TPSA) is 38.3 Å². The van der Waals surface area contributed by atoms with E-state index in [4.69, 9.17) is 4.74 Å².